The molecule has 1 fully saturated rings. The number of halogens is 4. The number of ether oxygens (including phenoxy) is 1. The average Bonchev–Trinajstić information content (AvgIpc) is 2.64. The van der Waals surface area contributed by atoms with Crippen LogP contribution < -0.4 is 5.32 Å². The summed E-state index contributed by atoms with van der Waals surface area (Å²) in [7, 11) is -3.30. The molecule has 1 aliphatic heterocycles. The fourth-order valence-corrected chi connectivity index (χ4v) is 3.07. The highest BCUT2D eigenvalue weighted by Crippen LogP contribution is 2.32. The third-order valence-corrected chi connectivity index (χ3v) is 7.04. The van der Waals surface area contributed by atoms with Crippen LogP contribution in [0.2, 0.25) is 0 Å². The topological polar surface area (TPSA) is 71.0 Å². The monoisotopic (exact) mass is 563 g/mol. The zero-order valence-corrected chi connectivity index (χ0v) is 20.6. The fourth-order valence-electron chi connectivity index (χ4n) is 2.77. The summed E-state index contributed by atoms with van der Waals surface area (Å²) in [4.78, 5) is 6.36. The number of aliphatic imine (C=N–C) groups is 1. The SMILES string of the molecule is CCNC(=NCC(C)(C)S(C)(=O)=O)N1CCOC(c2cccc(C(F)(F)F)c2)C1.I. The molecule has 1 unspecified atom stereocenters. The van der Waals surface area contributed by atoms with Gasteiger partial charge in [-0.1, -0.05) is 12.1 Å². The highest BCUT2D eigenvalue weighted by Gasteiger charge is 2.33. The van der Waals surface area contributed by atoms with Gasteiger partial charge >= 0.3 is 6.18 Å². The number of alkyl halides is 3. The highest BCUT2D eigenvalue weighted by molar-refractivity contribution is 14.0. The molecule has 1 atom stereocenters. The van der Waals surface area contributed by atoms with Crippen LogP contribution >= 0.6 is 24.0 Å². The average molecular weight is 563 g/mol. The van der Waals surface area contributed by atoms with Crippen LogP contribution in [0.4, 0.5) is 13.2 Å². The molecule has 1 heterocycles. The largest absolute Gasteiger partial charge is 0.416 e. The number of nitrogens with one attached hydrogen (secondary N) is 1. The molecule has 30 heavy (non-hydrogen) atoms. The summed E-state index contributed by atoms with van der Waals surface area (Å²) in [5.41, 5.74) is -0.275. The van der Waals surface area contributed by atoms with Crippen LogP contribution in [0.25, 0.3) is 0 Å². The maximum absolute atomic E-state index is 13.0. The van der Waals surface area contributed by atoms with E-state index in [0.29, 0.717) is 37.8 Å². The van der Waals surface area contributed by atoms with Crippen molar-refractivity contribution in [3.05, 3.63) is 35.4 Å². The van der Waals surface area contributed by atoms with E-state index < -0.39 is 32.4 Å². The van der Waals surface area contributed by atoms with Gasteiger partial charge in [-0.2, -0.15) is 13.2 Å². The molecule has 1 saturated heterocycles. The molecule has 0 radical (unpaired) electrons. The lowest BCUT2D eigenvalue weighted by Gasteiger charge is -2.36. The van der Waals surface area contributed by atoms with Crippen molar-refractivity contribution in [3.63, 3.8) is 0 Å². The minimum Gasteiger partial charge on any atom is -0.370 e. The highest BCUT2D eigenvalue weighted by atomic mass is 127. The van der Waals surface area contributed by atoms with Gasteiger partial charge in [-0.25, -0.2) is 8.42 Å². The van der Waals surface area contributed by atoms with Crippen LogP contribution in [0, 0.1) is 0 Å². The quantitative estimate of drug-likeness (QED) is 0.338. The molecule has 0 aliphatic carbocycles. The number of hydrogen-bond acceptors (Lipinski definition) is 4. The zero-order valence-electron chi connectivity index (χ0n) is 17.5. The summed E-state index contributed by atoms with van der Waals surface area (Å²) < 4.78 is 67.6. The van der Waals surface area contributed by atoms with Crippen LogP contribution in [-0.4, -0.2) is 63.1 Å². The van der Waals surface area contributed by atoms with Crippen LogP contribution in [-0.2, 0) is 20.8 Å². The summed E-state index contributed by atoms with van der Waals surface area (Å²) in [5.74, 6) is 0.518. The van der Waals surface area contributed by atoms with Crippen LogP contribution in [0.15, 0.2) is 29.3 Å². The normalized spacial score (nSPS) is 18.7. The molecule has 1 aromatic rings. The number of benzene rings is 1. The lowest BCUT2D eigenvalue weighted by molar-refractivity contribution is -0.137. The lowest BCUT2D eigenvalue weighted by atomic mass is 10.0. The Kier molecular flexibility index (Phi) is 9.42. The predicted molar refractivity (Wildman–Crippen MR) is 122 cm³/mol. The van der Waals surface area contributed by atoms with E-state index in [-0.39, 0.29) is 30.5 Å². The Balaban J connectivity index is 0.00000450. The molecule has 1 aromatic carbocycles. The second-order valence-electron chi connectivity index (χ2n) is 7.63. The molecular formula is C19H29F3IN3O3S. The van der Waals surface area contributed by atoms with Crippen molar-refractivity contribution in [2.24, 2.45) is 4.99 Å². The summed E-state index contributed by atoms with van der Waals surface area (Å²) in [6, 6.07) is 5.11. The second-order valence-corrected chi connectivity index (χ2v) is 10.3. The Morgan fingerprint density at radius 2 is 2.00 bits per heavy atom. The maximum atomic E-state index is 13.0. The molecule has 11 heteroatoms. The van der Waals surface area contributed by atoms with E-state index >= 15 is 0 Å². The number of morpholine rings is 1. The molecule has 0 bridgehead atoms. The predicted octanol–water partition coefficient (Wildman–Crippen LogP) is 3.49. The molecule has 0 spiro atoms. The van der Waals surface area contributed by atoms with Gasteiger partial charge in [-0.15, -0.1) is 24.0 Å². The van der Waals surface area contributed by atoms with Crippen molar-refractivity contribution in [1.29, 1.82) is 0 Å². The van der Waals surface area contributed by atoms with E-state index in [1.54, 1.807) is 19.9 Å². The van der Waals surface area contributed by atoms with Gasteiger partial charge in [-0.05, 0) is 38.5 Å². The first-order valence-corrected chi connectivity index (χ1v) is 11.3. The van der Waals surface area contributed by atoms with Gasteiger partial charge in [0.2, 0.25) is 0 Å². The molecule has 1 N–H and O–H groups in total. The minimum atomic E-state index is -4.42. The maximum Gasteiger partial charge on any atom is 0.416 e. The number of guanidine groups is 1. The number of nitrogens with zero attached hydrogens (tertiary/aromatic N) is 2. The van der Waals surface area contributed by atoms with Gasteiger partial charge in [0, 0.05) is 19.3 Å². The third-order valence-electron chi connectivity index (χ3n) is 4.90. The Bertz CT molecular complexity index is 845. The lowest BCUT2D eigenvalue weighted by Crippen LogP contribution is -2.49. The van der Waals surface area contributed by atoms with Crippen molar-refractivity contribution in [2.75, 3.05) is 39.0 Å². The third kappa shape index (κ3) is 6.98. The van der Waals surface area contributed by atoms with Crippen LogP contribution in [0.3, 0.4) is 0 Å². The van der Waals surface area contributed by atoms with E-state index in [1.807, 2.05) is 11.8 Å². The van der Waals surface area contributed by atoms with E-state index in [2.05, 4.69) is 10.3 Å². The fraction of sp³-hybridized carbons (Fsp3) is 0.632. The molecule has 172 valence electrons. The first kappa shape index (κ1) is 27.0. The van der Waals surface area contributed by atoms with E-state index in [4.69, 9.17) is 4.74 Å². The first-order valence-electron chi connectivity index (χ1n) is 9.37. The van der Waals surface area contributed by atoms with Gasteiger partial charge in [0.25, 0.3) is 0 Å². The molecule has 0 aromatic heterocycles. The molecule has 0 amide bonds. The van der Waals surface area contributed by atoms with Crippen molar-refractivity contribution in [3.8, 4) is 0 Å². The summed E-state index contributed by atoms with van der Waals surface area (Å²) >= 11 is 0. The second kappa shape index (κ2) is 10.5. The minimum absolute atomic E-state index is 0. The smallest absolute Gasteiger partial charge is 0.370 e. The Hall–Kier alpha value is -1.08. The summed E-state index contributed by atoms with van der Waals surface area (Å²) in [6.45, 7) is 6.89. The molecule has 1 aliphatic rings. The molecular weight excluding hydrogens is 534 g/mol. The number of rotatable bonds is 5. The van der Waals surface area contributed by atoms with Gasteiger partial charge < -0.3 is 15.0 Å². The molecule has 2 rings (SSSR count). The van der Waals surface area contributed by atoms with Crippen LogP contribution in [0.5, 0.6) is 0 Å². The zero-order chi connectivity index (χ0) is 21.9. The van der Waals surface area contributed by atoms with Crippen molar-refractivity contribution in [1.82, 2.24) is 10.2 Å². The number of hydrogen-bond donors (Lipinski definition) is 1. The van der Waals surface area contributed by atoms with Gasteiger partial charge in [-0.3, -0.25) is 4.99 Å². The van der Waals surface area contributed by atoms with Crippen molar-refractivity contribution < 1.29 is 26.3 Å². The summed E-state index contributed by atoms with van der Waals surface area (Å²) in [5, 5.41) is 3.13. The van der Waals surface area contributed by atoms with E-state index in [9.17, 15) is 21.6 Å². The standard InChI is InChI=1S/C19H28F3N3O3S.HI/c1-5-23-17(24-13-18(2,3)29(4,26)27)25-9-10-28-16(12-25)14-7-6-8-15(11-14)19(20,21)22;/h6-8,11,16H,5,9-10,12-13H2,1-4H3,(H,23,24);1H. The first-order chi connectivity index (χ1) is 13.3. The Labute approximate surface area is 193 Å². The summed E-state index contributed by atoms with van der Waals surface area (Å²) in [6.07, 6.45) is -3.79. The van der Waals surface area contributed by atoms with Gasteiger partial charge in [0.1, 0.15) is 6.10 Å². The van der Waals surface area contributed by atoms with E-state index in [0.717, 1.165) is 12.1 Å². The van der Waals surface area contributed by atoms with Crippen molar-refractivity contribution in [2.45, 2.75) is 37.8 Å². The van der Waals surface area contributed by atoms with Crippen molar-refractivity contribution >= 4 is 39.8 Å². The van der Waals surface area contributed by atoms with E-state index in [1.165, 1.54) is 12.3 Å². The van der Waals surface area contributed by atoms with Gasteiger partial charge in [0.15, 0.2) is 15.8 Å². The van der Waals surface area contributed by atoms with Crippen LogP contribution in [0.1, 0.15) is 38.0 Å². The molecule has 0 saturated carbocycles. The Morgan fingerprint density at radius 3 is 2.57 bits per heavy atom. The number of sulfone groups is 1. The molecule has 6 nitrogen and oxygen atoms in total. The van der Waals surface area contributed by atoms with Gasteiger partial charge in [0.05, 0.1) is 30.0 Å². The Morgan fingerprint density at radius 1 is 1.33 bits per heavy atom.